The molecule has 11 heteroatoms. The molecule has 26 heavy (non-hydrogen) atoms. The zero-order chi connectivity index (χ0) is 19.5. The van der Waals surface area contributed by atoms with Crippen molar-refractivity contribution < 1.29 is 33.8 Å². The highest BCUT2D eigenvalue weighted by Gasteiger charge is 2.25. The number of nitrogens with one attached hydrogen (secondary N) is 1. The van der Waals surface area contributed by atoms with Crippen molar-refractivity contribution in [3.63, 3.8) is 0 Å². The molecule has 11 nitrogen and oxygen atoms in total. The Hall–Kier alpha value is -2.92. The zero-order valence-corrected chi connectivity index (χ0v) is 14.2. The van der Waals surface area contributed by atoms with E-state index < -0.39 is 16.9 Å². The molecule has 144 valence electrons. The number of hydrogen-bond donors (Lipinski definition) is 3. The van der Waals surface area contributed by atoms with Crippen LogP contribution < -0.4 is 20.5 Å². The fourth-order valence-electron chi connectivity index (χ4n) is 2.03. The maximum absolute atomic E-state index is 11.5. The minimum Gasteiger partial charge on any atom is -0.493 e. The van der Waals surface area contributed by atoms with Crippen molar-refractivity contribution in [2.45, 2.75) is 19.1 Å². The standard InChI is InChI=1S/C15H21N3O8/c1-24-12-7-10(15(21)26-9-19)11(18(22)23)8-13(12)25-6-2-3-14(20)17-5-4-16/h7-9,15,21H,2-6,16H2,1H3,(H,17,20). The topological polar surface area (TPSA) is 163 Å². The van der Waals surface area contributed by atoms with Gasteiger partial charge < -0.3 is 30.4 Å². The first-order valence-corrected chi connectivity index (χ1v) is 7.67. The summed E-state index contributed by atoms with van der Waals surface area (Å²) in [5.74, 6) is -0.0168. The van der Waals surface area contributed by atoms with E-state index in [0.29, 0.717) is 19.5 Å². The lowest BCUT2D eigenvalue weighted by Gasteiger charge is -2.14. The van der Waals surface area contributed by atoms with Gasteiger partial charge in [-0.15, -0.1) is 0 Å². The lowest BCUT2D eigenvalue weighted by Crippen LogP contribution is -2.29. The van der Waals surface area contributed by atoms with E-state index in [4.69, 9.17) is 15.2 Å². The van der Waals surface area contributed by atoms with Crippen LogP contribution in [0.3, 0.4) is 0 Å². The molecule has 1 unspecified atom stereocenters. The van der Waals surface area contributed by atoms with Gasteiger partial charge in [-0.05, 0) is 6.42 Å². The molecule has 0 heterocycles. The molecule has 0 aliphatic carbocycles. The van der Waals surface area contributed by atoms with E-state index in [1.165, 1.54) is 7.11 Å². The summed E-state index contributed by atoms with van der Waals surface area (Å²) >= 11 is 0. The fourth-order valence-corrected chi connectivity index (χ4v) is 2.03. The highest BCUT2D eigenvalue weighted by Crippen LogP contribution is 2.37. The van der Waals surface area contributed by atoms with Crippen LogP contribution in [0.2, 0.25) is 0 Å². The Morgan fingerprint density at radius 1 is 1.46 bits per heavy atom. The Bertz CT molecular complexity index is 638. The van der Waals surface area contributed by atoms with Crippen molar-refractivity contribution in [3.8, 4) is 11.5 Å². The predicted molar refractivity (Wildman–Crippen MR) is 88.6 cm³/mol. The van der Waals surface area contributed by atoms with E-state index in [1.54, 1.807) is 0 Å². The zero-order valence-electron chi connectivity index (χ0n) is 14.2. The monoisotopic (exact) mass is 371 g/mol. The normalized spacial score (nSPS) is 11.3. The number of carbonyl (C=O) groups is 2. The average molecular weight is 371 g/mol. The Balaban J connectivity index is 2.84. The number of hydrogen-bond acceptors (Lipinski definition) is 9. The molecule has 0 fully saturated rings. The number of aliphatic hydroxyl groups is 1. The molecular weight excluding hydrogens is 350 g/mol. The van der Waals surface area contributed by atoms with E-state index in [2.05, 4.69) is 10.1 Å². The van der Waals surface area contributed by atoms with Gasteiger partial charge in [0.25, 0.3) is 12.2 Å². The molecule has 0 spiro atoms. The molecular formula is C15H21N3O8. The second-order valence-electron chi connectivity index (χ2n) is 4.99. The molecule has 0 bridgehead atoms. The lowest BCUT2D eigenvalue weighted by molar-refractivity contribution is -0.386. The lowest BCUT2D eigenvalue weighted by atomic mass is 10.1. The number of ether oxygens (including phenoxy) is 3. The molecule has 1 aromatic rings. The van der Waals surface area contributed by atoms with Gasteiger partial charge in [-0.2, -0.15) is 0 Å². The van der Waals surface area contributed by atoms with E-state index in [0.717, 1.165) is 12.1 Å². The second kappa shape index (κ2) is 10.8. The molecule has 0 aliphatic rings. The maximum atomic E-state index is 11.5. The van der Waals surface area contributed by atoms with Crippen LogP contribution in [0.25, 0.3) is 0 Å². The molecule has 0 aromatic heterocycles. The Morgan fingerprint density at radius 3 is 2.77 bits per heavy atom. The number of rotatable bonds is 12. The number of aliphatic hydroxyl groups excluding tert-OH is 1. The molecule has 1 atom stereocenters. The summed E-state index contributed by atoms with van der Waals surface area (Å²) in [6.45, 7) is 0.804. The minimum absolute atomic E-state index is 0.0268. The van der Waals surface area contributed by atoms with Gasteiger partial charge in [-0.25, -0.2) is 0 Å². The second-order valence-corrected chi connectivity index (χ2v) is 4.99. The van der Waals surface area contributed by atoms with Gasteiger partial charge in [-0.1, -0.05) is 0 Å². The van der Waals surface area contributed by atoms with Crippen LogP contribution >= 0.6 is 0 Å². The minimum atomic E-state index is -1.82. The first-order chi connectivity index (χ1) is 12.4. The van der Waals surface area contributed by atoms with Crippen LogP contribution in [0.1, 0.15) is 24.7 Å². The number of amides is 1. The summed E-state index contributed by atoms with van der Waals surface area (Å²) < 4.78 is 14.9. The van der Waals surface area contributed by atoms with E-state index in [-0.39, 0.29) is 42.5 Å². The van der Waals surface area contributed by atoms with Crippen molar-refractivity contribution in [1.29, 1.82) is 0 Å². The van der Waals surface area contributed by atoms with Gasteiger partial charge in [0.05, 0.1) is 24.7 Å². The first kappa shape index (κ1) is 21.1. The average Bonchev–Trinajstić information content (AvgIpc) is 2.62. The van der Waals surface area contributed by atoms with Crippen molar-refractivity contribution in [3.05, 3.63) is 27.8 Å². The Kier molecular flexibility index (Phi) is 8.81. The van der Waals surface area contributed by atoms with Crippen LogP contribution in [0.4, 0.5) is 5.69 Å². The highest BCUT2D eigenvalue weighted by molar-refractivity contribution is 5.75. The fraction of sp³-hybridized carbons (Fsp3) is 0.467. The van der Waals surface area contributed by atoms with Crippen molar-refractivity contribution >= 4 is 18.1 Å². The largest absolute Gasteiger partial charge is 0.493 e. The number of benzene rings is 1. The first-order valence-electron chi connectivity index (χ1n) is 7.67. The van der Waals surface area contributed by atoms with E-state index >= 15 is 0 Å². The van der Waals surface area contributed by atoms with Crippen LogP contribution in [-0.2, 0) is 14.3 Å². The molecule has 0 saturated heterocycles. The number of nitrogens with two attached hydrogens (primary N) is 1. The summed E-state index contributed by atoms with van der Waals surface area (Å²) in [7, 11) is 1.31. The van der Waals surface area contributed by atoms with Gasteiger partial charge in [0.1, 0.15) is 5.56 Å². The predicted octanol–water partition coefficient (Wildman–Crippen LogP) is 0.00120. The van der Waals surface area contributed by atoms with Crippen LogP contribution in [0, 0.1) is 10.1 Å². The molecule has 0 saturated carbocycles. The maximum Gasteiger partial charge on any atom is 0.295 e. The van der Waals surface area contributed by atoms with Crippen LogP contribution in [0.15, 0.2) is 12.1 Å². The van der Waals surface area contributed by atoms with Crippen LogP contribution in [0.5, 0.6) is 11.5 Å². The highest BCUT2D eigenvalue weighted by atomic mass is 16.6. The SMILES string of the molecule is COc1cc(C(O)OC=O)c([N+](=O)[O-])cc1OCCCC(=O)NCCN. The Labute approximate surface area is 149 Å². The number of methoxy groups -OCH3 is 1. The van der Waals surface area contributed by atoms with Crippen LogP contribution in [-0.4, -0.2) is 49.2 Å². The van der Waals surface area contributed by atoms with Crippen molar-refractivity contribution in [2.75, 3.05) is 26.8 Å². The molecule has 4 N–H and O–H groups in total. The summed E-state index contributed by atoms with van der Waals surface area (Å²) in [6, 6.07) is 2.20. The van der Waals surface area contributed by atoms with Gasteiger partial charge in [0, 0.05) is 25.6 Å². The summed E-state index contributed by atoms with van der Waals surface area (Å²) in [5, 5.41) is 23.5. The molecule has 1 aromatic carbocycles. The summed E-state index contributed by atoms with van der Waals surface area (Å²) in [5.41, 5.74) is 4.52. The van der Waals surface area contributed by atoms with Crippen molar-refractivity contribution in [1.82, 2.24) is 5.32 Å². The van der Waals surface area contributed by atoms with Gasteiger partial charge in [0.15, 0.2) is 11.5 Å². The van der Waals surface area contributed by atoms with E-state index in [9.17, 15) is 24.8 Å². The van der Waals surface area contributed by atoms with E-state index in [1.807, 2.05) is 0 Å². The summed E-state index contributed by atoms with van der Waals surface area (Å²) in [6.07, 6.45) is -1.25. The van der Waals surface area contributed by atoms with Gasteiger partial charge in [0.2, 0.25) is 12.2 Å². The third-order valence-corrected chi connectivity index (χ3v) is 3.23. The number of nitro benzene ring substituents is 1. The molecule has 1 rings (SSSR count). The third-order valence-electron chi connectivity index (χ3n) is 3.23. The Morgan fingerprint density at radius 2 is 2.19 bits per heavy atom. The number of carbonyl (C=O) groups excluding carboxylic acids is 2. The summed E-state index contributed by atoms with van der Waals surface area (Å²) in [4.78, 5) is 32.2. The van der Waals surface area contributed by atoms with Gasteiger partial charge in [-0.3, -0.25) is 19.7 Å². The number of nitrogens with zero attached hydrogens (tertiary/aromatic N) is 1. The smallest absolute Gasteiger partial charge is 0.295 e. The molecule has 0 aliphatic heterocycles. The quantitative estimate of drug-likeness (QED) is 0.151. The molecule has 1 amide bonds. The third kappa shape index (κ3) is 6.18. The van der Waals surface area contributed by atoms with Crippen molar-refractivity contribution in [2.24, 2.45) is 5.73 Å². The van der Waals surface area contributed by atoms with Gasteiger partial charge >= 0.3 is 0 Å². The molecule has 0 radical (unpaired) electrons. The number of nitro groups is 1.